The Morgan fingerprint density at radius 1 is 1.21 bits per heavy atom. The van der Waals surface area contributed by atoms with Crippen LogP contribution in [0.15, 0.2) is 47.4 Å². The third-order valence-corrected chi connectivity index (χ3v) is 7.19. The van der Waals surface area contributed by atoms with Crippen LogP contribution in [0.2, 0.25) is 0 Å². The lowest BCUT2D eigenvalue weighted by molar-refractivity contribution is 0.0366. The number of ether oxygens (including phenoxy) is 1. The SMILES string of the molecule is Cc1ccc(S(=O)(=O)Nc2cccc3c2O[C@@H](CN(C)C)[C@@H](C)CN([C@@H](C)CO)C3=O)cc1. The number of nitrogens with one attached hydrogen (secondary N) is 1. The molecule has 2 N–H and O–H groups in total. The number of hydrogen-bond donors (Lipinski definition) is 2. The zero-order valence-electron chi connectivity index (χ0n) is 19.8. The molecular weight excluding hydrogens is 442 g/mol. The van der Waals surface area contributed by atoms with E-state index >= 15 is 0 Å². The van der Waals surface area contributed by atoms with E-state index in [-0.39, 0.29) is 52.5 Å². The van der Waals surface area contributed by atoms with Crippen LogP contribution >= 0.6 is 0 Å². The highest BCUT2D eigenvalue weighted by Gasteiger charge is 2.34. The van der Waals surface area contributed by atoms with Gasteiger partial charge in [0.15, 0.2) is 5.75 Å². The van der Waals surface area contributed by atoms with Crippen LogP contribution in [0.25, 0.3) is 0 Å². The lowest BCUT2D eigenvalue weighted by Crippen LogP contribution is -2.49. The molecule has 33 heavy (non-hydrogen) atoms. The zero-order valence-corrected chi connectivity index (χ0v) is 20.6. The summed E-state index contributed by atoms with van der Waals surface area (Å²) in [5.41, 5.74) is 1.41. The summed E-state index contributed by atoms with van der Waals surface area (Å²) in [5.74, 6) is -0.162. The first kappa shape index (κ1) is 25.0. The van der Waals surface area contributed by atoms with Gasteiger partial charge in [-0.1, -0.05) is 30.7 Å². The molecule has 1 aliphatic rings. The molecule has 8 nitrogen and oxygen atoms in total. The van der Waals surface area contributed by atoms with Crippen LogP contribution < -0.4 is 9.46 Å². The Bertz CT molecular complexity index is 1090. The molecule has 0 aliphatic carbocycles. The van der Waals surface area contributed by atoms with Gasteiger partial charge in [-0.05, 0) is 52.2 Å². The van der Waals surface area contributed by atoms with E-state index in [0.29, 0.717) is 13.1 Å². The number of anilines is 1. The van der Waals surface area contributed by atoms with Crippen LogP contribution in [0.3, 0.4) is 0 Å². The summed E-state index contributed by atoms with van der Waals surface area (Å²) in [7, 11) is -0.0328. The second-order valence-corrected chi connectivity index (χ2v) is 10.7. The number of benzene rings is 2. The Labute approximate surface area is 196 Å². The maximum absolute atomic E-state index is 13.4. The molecule has 0 unspecified atom stereocenters. The predicted octanol–water partition coefficient (Wildman–Crippen LogP) is 2.58. The number of aliphatic hydroxyl groups excluding tert-OH is 1. The van der Waals surface area contributed by atoms with Crippen molar-refractivity contribution in [2.24, 2.45) is 5.92 Å². The number of fused-ring (bicyclic) bond motifs is 1. The summed E-state index contributed by atoms with van der Waals surface area (Å²) < 4.78 is 35.1. The number of sulfonamides is 1. The number of aryl methyl sites for hydroxylation is 1. The van der Waals surface area contributed by atoms with Crippen molar-refractivity contribution in [1.82, 2.24) is 9.80 Å². The molecular formula is C24H33N3O5S. The van der Waals surface area contributed by atoms with Gasteiger partial charge >= 0.3 is 0 Å². The molecule has 0 spiro atoms. The molecule has 1 aliphatic heterocycles. The van der Waals surface area contributed by atoms with Crippen molar-refractivity contribution in [1.29, 1.82) is 0 Å². The van der Waals surface area contributed by atoms with Crippen molar-refractivity contribution in [2.75, 3.05) is 38.5 Å². The van der Waals surface area contributed by atoms with Gasteiger partial charge in [-0.2, -0.15) is 0 Å². The van der Waals surface area contributed by atoms with E-state index in [1.807, 2.05) is 32.8 Å². The van der Waals surface area contributed by atoms with Crippen molar-refractivity contribution in [3.63, 3.8) is 0 Å². The maximum atomic E-state index is 13.4. The molecule has 3 atom stereocenters. The quantitative estimate of drug-likeness (QED) is 0.639. The van der Waals surface area contributed by atoms with E-state index in [0.717, 1.165) is 5.56 Å². The van der Waals surface area contributed by atoms with Crippen molar-refractivity contribution < 1.29 is 23.1 Å². The maximum Gasteiger partial charge on any atom is 0.262 e. The normalized spacial score (nSPS) is 20.0. The molecule has 0 radical (unpaired) electrons. The fraction of sp³-hybridized carbons (Fsp3) is 0.458. The molecule has 0 aromatic heterocycles. The van der Waals surface area contributed by atoms with Crippen LogP contribution in [-0.4, -0.2) is 75.2 Å². The van der Waals surface area contributed by atoms with Gasteiger partial charge < -0.3 is 19.6 Å². The fourth-order valence-corrected chi connectivity index (χ4v) is 4.89. The number of amides is 1. The van der Waals surface area contributed by atoms with E-state index < -0.39 is 10.0 Å². The minimum absolute atomic E-state index is 0.0553. The molecule has 1 heterocycles. The molecule has 1 amide bonds. The average Bonchev–Trinajstić information content (AvgIpc) is 2.76. The highest BCUT2D eigenvalue weighted by Crippen LogP contribution is 2.36. The zero-order chi connectivity index (χ0) is 24.3. The van der Waals surface area contributed by atoms with Crippen molar-refractivity contribution in [2.45, 2.75) is 37.8 Å². The van der Waals surface area contributed by atoms with Crippen LogP contribution in [0.4, 0.5) is 5.69 Å². The number of para-hydroxylation sites is 1. The Kier molecular flexibility index (Phi) is 7.66. The predicted molar refractivity (Wildman–Crippen MR) is 128 cm³/mol. The first-order valence-corrected chi connectivity index (χ1v) is 12.5. The van der Waals surface area contributed by atoms with Gasteiger partial charge in [0.1, 0.15) is 6.10 Å². The van der Waals surface area contributed by atoms with E-state index in [9.17, 15) is 18.3 Å². The van der Waals surface area contributed by atoms with Gasteiger partial charge in [-0.15, -0.1) is 0 Å². The van der Waals surface area contributed by atoms with E-state index in [4.69, 9.17) is 4.74 Å². The largest absolute Gasteiger partial charge is 0.486 e. The van der Waals surface area contributed by atoms with Crippen LogP contribution in [0, 0.1) is 12.8 Å². The number of hydrogen-bond acceptors (Lipinski definition) is 6. The molecule has 0 fully saturated rings. The number of likely N-dealkylation sites (N-methyl/N-ethyl adjacent to an activating group) is 1. The summed E-state index contributed by atoms with van der Waals surface area (Å²) in [6.07, 6.45) is -0.301. The molecule has 180 valence electrons. The van der Waals surface area contributed by atoms with Crippen LogP contribution in [0.1, 0.15) is 29.8 Å². The molecule has 3 rings (SSSR count). The topological polar surface area (TPSA) is 99.2 Å². The summed E-state index contributed by atoms with van der Waals surface area (Å²) in [6, 6.07) is 11.0. The smallest absolute Gasteiger partial charge is 0.262 e. The van der Waals surface area contributed by atoms with Crippen LogP contribution in [0.5, 0.6) is 5.75 Å². The monoisotopic (exact) mass is 475 g/mol. The van der Waals surface area contributed by atoms with Crippen molar-refractivity contribution >= 4 is 21.6 Å². The van der Waals surface area contributed by atoms with E-state index in [2.05, 4.69) is 4.72 Å². The van der Waals surface area contributed by atoms with Gasteiger partial charge in [0.2, 0.25) is 0 Å². The molecule has 0 bridgehead atoms. The lowest BCUT2D eigenvalue weighted by atomic mass is 9.99. The average molecular weight is 476 g/mol. The van der Waals surface area contributed by atoms with Gasteiger partial charge in [0, 0.05) is 19.0 Å². The first-order valence-electron chi connectivity index (χ1n) is 11.0. The second kappa shape index (κ2) is 10.1. The molecule has 9 heteroatoms. The third-order valence-electron chi connectivity index (χ3n) is 5.81. The summed E-state index contributed by atoms with van der Waals surface area (Å²) in [6.45, 7) is 6.48. The fourth-order valence-electron chi connectivity index (χ4n) is 3.82. The Morgan fingerprint density at radius 3 is 2.48 bits per heavy atom. The highest BCUT2D eigenvalue weighted by atomic mass is 32.2. The van der Waals surface area contributed by atoms with E-state index in [1.165, 1.54) is 12.1 Å². The molecule has 2 aromatic carbocycles. The number of nitrogens with zero attached hydrogens (tertiary/aromatic N) is 2. The number of rotatable bonds is 7. The Balaban J connectivity index is 2.09. The summed E-state index contributed by atoms with van der Waals surface area (Å²) in [4.78, 5) is 17.2. The number of aliphatic hydroxyl groups is 1. The van der Waals surface area contributed by atoms with Gasteiger partial charge in [-0.25, -0.2) is 8.42 Å². The molecule has 0 saturated carbocycles. The minimum atomic E-state index is -3.90. The van der Waals surface area contributed by atoms with Crippen LogP contribution in [-0.2, 0) is 10.0 Å². The summed E-state index contributed by atoms with van der Waals surface area (Å²) >= 11 is 0. The standard InChI is InChI=1S/C24H33N3O5S/c1-16-9-11-19(12-10-16)33(30,31)25-21-8-6-7-20-23(21)32-22(14-26(4)5)17(2)13-27(24(20)29)18(3)15-28/h6-12,17-18,22,25,28H,13-15H2,1-5H3/t17-,18-,22-/m0/s1. The molecule has 2 aromatic rings. The number of carbonyl (C=O) groups is 1. The molecule has 0 saturated heterocycles. The second-order valence-electron chi connectivity index (χ2n) is 8.99. The van der Waals surface area contributed by atoms with Crippen molar-refractivity contribution in [3.05, 3.63) is 53.6 Å². The third kappa shape index (κ3) is 5.66. The highest BCUT2D eigenvalue weighted by molar-refractivity contribution is 7.92. The number of carbonyl (C=O) groups excluding carboxylic acids is 1. The van der Waals surface area contributed by atoms with Gasteiger partial charge in [0.25, 0.3) is 15.9 Å². The lowest BCUT2D eigenvalue weighted by Gasteiger charge is -2.38. The van der Waals surface area contributed by atoms with Crippen molar-refractivity contribution in [3.8, 4) is 5.75 Å². The first-order chi connectivity index (χ1) is 15.5. The minimum Gasteiger partial charge on any atom is -0.486 e. The van der Waals surface area contributed by atoms with Gasteiger partial charge in [-0.3, -0.25) is 9.52 Å². The summed E-state index contributed by atoms with van der Waals surface area (Å²) in [5, 5.41) is 9.74. The Hall–Kier alpha value is -2.62. The van der Waals surface area contributed by atoms with Gasteiger partial charge in [0.05, 0.1) is 28.8 Å². The van der Waals surface area contributed by atoms with E-state index in [1.54, 1.807) is 42.2 Å². The Morgan fingerprint density at radius 2 is 1.88 bits per heavy atom.